The third-order valence-electron chi connectivity index (χ3n) is 1.68. The second-order valence-corrected chi connectivity index (χ2v) is 4.20. The zero-order valence-corrected chi connectivity index (χ0v) is 10.8. The molecule has 0 aromatic carbocycles. The molecule has 1 N–H and O–H groups in total. The van der Waals surface area contributed by atoms with Crippen LogP contribution in [0.5, 0.6) is 0 Å². The lowest BCUT2D eigenvalue weighted by atomic mass is 9.99. The molecule has 0 aliphatic rings. The normalized spacial score (nSPS) is 12.4. The van der Waals surface area contributed by atoms with Gasteiger partial charge in [0.05, 0.1) is 28.8 Å². The molecule has 1 amide bonds. The van der Waals surface area contributed by atoms with E-state index in [9.17, 15) is 9.59 Å². The highest BCUT2D eigenvalue weighted by molar-refractivity contribution is 14.1. The first kappa shape index (κ1) is 13.7. The molecule has 0 aromatic rings. The van der Waals surface area contributed by atoms with Crippen LogP contribution in [0.15, 0.2) is 0 Å². The summed E-state index contributed by atoms with van der Waals surface area (Å²) < 4.78 is 7.16. The molecular weight excluding hydrogens is 297 g/mol. The highest BCUT2D eigenvalue weighted by atomic mass is 127. The number of carbonyl (C=O) groups excluding carboxylic acids is 2. The zero-order chi connectivity index (χ0) is 11.1. The van der Waals surface area contributed by atoms with Crippen LogP contribution in [-0.4, -0.2) is 18.5 Å². The quantitative estimate of drug-likeness (QED) is 0.477. The first-order chi connectivity index (χ1) is 6.47. The Morgan fingerprint density at radius 1 is 1.36 bits per heavy atom. The molecule has 0 saturated heterocycles. The van der Waals surface area contributed by atoms with E-state index in [4.69, 9.17) is 4.74 Å². The van der Waals surface area contributed by atoms with E-state index in [0.717, 1.165) is 6.42 Å². The highest BCUT2D eigenvalue weighted by Gasteiger charge is 2.16. The third kappa shape index (κ3) is 6.17. The molecule has 1 atom stereocenters. The number of nitrogens with one attached hydrogen (secondary N) is 1. The maximum atomic E-state index is 11.3. The van der Waals surface area contributed by atoms with Crippen LogP contribution < -0.4 is 3.53 Å². The Morgan fingerprint density at radius 2 is 1.93 bits per heavy atom. The molecule has 0 aliphatic heterocycles. The summed E-state index contributed by atoms with van der Waals surface area (Å²) in [6, 6.07) is 0. The Balaban J connectivity index is 3.78. The molecule has 0 saturated carbocycles. The molecule has 0 bridgehead atoms. The maximum Gasteiger partial charge on any atom is 0.309 e. The molecule has 0 spiro atoms. The molecular formula is C9H16INO3. The molecule has 0 aliphatic carbocycles. The van der Waals surface area contributed by atoms with Gasteiger partial charge in [0.25, 0.3) is 5.91 Å². The molecule has 1 unspecified atom stereocenters. The predicted molar refractivity (Wildman–Crippen MR) is 61.7 cm³/mol. The van der Waals surface area contributed by atoms with Gasteiger partial charge < -0.3 is 4.74 Å². The number of halogens is 1. The lowest BCUT2D eigenvalue weighted by Crippen LogP contribution is -2.24. The summed E-state index contributed by atoms with van der Waals surface area (Å²) in [5, 5.41) is 0. The van der Waals surface area contributed by atoms with Gasteiger partial charge in [-0.2, -0.15) is 0 Å². The van der Waals surface area contributed by atoms with Crippen LogP contribution in [0, 0.1) is 11.8 Å². The fourth-order valence-electron chi connectivity index (χ4n) is 1.11. The molecule has 0 rings (SSSR count). The van der Waals surface area contributed by atoms with Crippen molar-refractivity contribution >= 4 is 34.7 Å². The molecule has 0 aromatic heterocycles. The van der Waals surface area contributed by atoms with Crippen molar-refractivity contribution in [3.63, 3.8) is 0 Å². The van der Waals surface area contributed by atoms with E-state index < -0.39 is 0 Å². The summed E-state index contributed by atoms with van der Waals surface area (Å²) in [6.07, 6.45) is 0.782. The van der Waals surface area contributed by atoms with Crippen LogP contribution in [0.1, 0.15) is 27.2 Å². The minimum absolute atomic E-state index is 0.142. The Labute approximate surface area is 98.3 Å². The van der Waals surface area contributed by atoms with E-state index in [1.54, 1.807) is 22.9 Å². The van der Waals surface area contributed by atoms with Gasteiger partial charge in [0.15, 0.2) is 6.61 Å². The average Bonchev–Trinajstić information content (AvgIpc) is 2.12. The van der Waals surface area contributed by atoms with Crippen molar-refractivity contribution in [2.45, 2.75) is 27.2 Å². The summed E-state index contributed by atoms with van der Waals surface area (Å²) in [6.45, 7) is 5.71. The lowest BCUT2D eigenvalue weighted by Gasteiger charge is -2.12. The lowest BCUT2D eigenvalue weighted by molar-refractivity contribution is -0.152. The van der Waals surface area contributed by atoms with Gasteiger partial charge in [-0.25, -0.2) is 0 Å². The third-order valence-corrected chi connectivity index (χ3v) is 2.28. The van der Waals surface area contributed by atoms with Crippen LogP contribution in [0.25, 0.3) is 0 Å². The first-order valence-corrected chi connectivity index (χ1v) is 5.61. The topological polar surface area (TPSA) is 55.4 Å². The van der Waals surface area contributed by atoms with Crippen molar-refractivity contribution in [3.05, 3.63) is 0 Å². The van der Waals surface area contributed by atoms with E-state index in [1.165, 1.54) is 0 Å². The molecule has 4 nitrogen and oxygen atoms in total. The molecule has 5 heteroatoms. The summed E-state index contributed by atoms with van der Waals surface area (Å²) >= 11 is 1.71. The van der Waals surface area contributed by atoms with Crippen molar-refractivity contribution in [1.29, 1.82) is 0 Å². The van der Waals surface area contributed by atoms with E-state index in [0.29, 0.717) is 5.92 Å². The molecule has 0 heterocycles. The standard InChI is InChI=1S/C9H16INO3/c1-6(2)4-7(3)9(13)14-5-8(12)11-10/h6-7H,4-5H2,1-3H3,(H,11,12). The van der Waals surface area contributed by atoms with Crippen LogP contribution in [0.3, 0.4) is 0 Å². The Bertz CT molecular complexity index is 206. The Hall–Kier alpha value is -0.330. The number of carbonyl (C=O) groups is 2. The van der Waals surface area contributed by atoms with E-state index in [2.05, 4.69) is 3.53 Å². The van der Waals surface area contributed by atoms with Crippen molar-refractivity contribution in [3.8, 4) is 0 Å². The van der Waals surface area contributed by atoms with Crippen molar-refractivity contribution in [2.75, 3.05) is 6.61 Å². The van der Waals surface area contributed by atoms with Crippen molar-refractivity contribution in [2.24, 2.45) is 11.8 Å². The second kappa shape index (κ2) is 7.03. The van der Waals surface area contributed by atoms with Crippen LogP contribution >= 0.6 is 22.9 Å². The number of hydrogen-bond acceptors (Lipinski definition) is 3. The fraction of sp³-hybridized carbons (Fsp3) is 0.778. The number of amides is 1. The Kier molecular flexibility index (Phi) is 6.86. The van der Waals surface area contributed by atoms with Crippen LogP contribution in [0.4, 0.5) is 0 Å². The molecule has 0 fully saturated rings. The van der Waals surface area contributed by atoms with Gasteiger partial charge in [0.2, 0.25) is 0 Å². The summed E-state index contributed by atoms with van der Waals surface area (Å²) in [5.74, 6) is -0.289. The van der Waals surface area contributed by atoms with Gasteiger partial charge in [0, 0.05) is 0 Å². The van der Waals surface area contributed by atoms with Gasteiger partial charge in [-0.1, -0.05) is 20.8 Å². The van der Waals surface area contributed by atoms with E-state index in [1.807, 2.05) is 20.8 Å². The maximum absolute atomic E-state index is 11.3. The van der Waals surface area contributed by atoms with Gasteiger partial charge in [-0.05, 0) is 12.3 Å². The predicted octanol–water partition coefficient (Wildman–Crippen LogP) is 1.68. The second-order valence-electron chi connectivity index (χ2n) is 3.66. The molecule has 14 heavy (non-hydrogen) atoms. The van der Waals surface area contributed by atoms with Gasteiger partial charge in [-0.3, -0.25) is 13.1 Å². The smallest absolute Gasteiger partial charge is 0.309 e. The van der Waals surface area contributed by atoms with Crippen molar-refractivity contribution in [1.82, 2.24) is 3.53 Å². The van der Waals surface area contributed by atoms with E-state index in [-0.39, 0.29) is 24.4 Å². The minimum atomic E-state index is -0.307. The number of hydrogen-bond donors (Lipinski definition) is 1. The van der Waals surface area contributed by atoms with Crippen molar-refractivity contribution < 1.29 is 14.3 Å². The first-order valence-electron chi connectivity index (χ1n) is 4.53. The van der Waals surface area contributed by atoms with Crippen LogP contribution in [-0.2, 0) is 14.3 Å². The Morgan fingerprint density at radius 3 is 2.36 bits per heavy atom. The van der Waals surface area contributed by atoms with Gasteiger partial charge in [-0.15, -0.1) is 0 Å². The summed E-state index contributed by atoms with van der Waals surface area (Å²) in [5.41, 5.74) is 0. The minimum Gasteiger partial charge on any atom is -0.455 e. The monoisotopic (exact) mass is 313 g/mol. The summed E-state index contributed by atoms with van der Waals surface area (Å²) in [4.78, 5) is 22.1. The molecule has 82 valence electrons. The van der Waals surface area contributed by atoms with Gasteiger partial charge in [0.1, 0.15) is 0 Å². The van der Waals surface area contributed by atoms with E-state index >= 15 is 0 Å². The largest absolute Gasteiger partial charge is 0.455 e. The fourth-order valence-corrected chi connectivity index (χ4v) is 1.27. The zero-order valence-electron chi connectivity index (χ0n) is 8.67. The van der Waals surface area contributed by atoms with Gasteiger partial charge >= 0.3 is 5.97 Å². The number of ether oxygens (including phenoxy) is 1. The SMILES string of the molecule is CC(C)CC(C)C(=O)OCC(=O)NI. The number of rotatable bonds is 5. The highest BCUT2D eigenvalue weighted by Crippen LogP contribution is 2.12. The molecule has 0 radical (unpaired) electrons. The average molecular weight is 313 g/mol. The van der Waals surface area contributed by atoms with Crippen LogP contribution in [0.2, 0.25) is 0 Å². The number of esters is 1. The summed E-state index contributed by atoms with van der Waals surface area (Å²) in [7, 11) is 0.